The minimum atomic E-state index is -2.63. The van der Waals surface area contributed by atoms with E-state index in [2.05, 4.69) is 4.98 Å². The Bertz CT molecular complexity index is 333. The number of pyridine rings is 1. The molecule has 1 aromatic rings. The molecule has 0 radical (unpaired) electrons. The zero-order chi connectivity index (χ0) is 10.7. The second-order valence-electron chi connectivity index (χ2n) is 2.62. The fourth-order valence-electron chi connectivity index (χ4n) is 1.05. The van der Waals surface area contributed by atoms with Crippen LogP contribution in [0.4, 0.5) is 8.78 Å². The number of hydrogen-bond donors (Lipinski definition) is 2. The van der Waals surface area contributed by atoms with Crippen molar-refractivity contribution in [1.29, 1.82) is 0 Å². The Morgan fingerprint density at radius 2 is 2.21 bits per heavy atom. The summed E-state index contributed by atoms with van der Waals surface area (Å²) in [4.78, 5) is 3.67. The third-order valence-corrected chi connectivity index (χ3v) is 2.61. The number of rotatable bonds is 3. The summed E-state index contributed by atoms with van der Waals surface area (Å²) in [6.45, 7) is -0.189. The number of hydrogen-bond acceptors (Lipinski definition) is 3. The molecule has 14 heavy (non-hydrogen) atoms. The zero-order valence-electron chi connectivity index (χ0n) is 7.17. The summed E-state index contributed by atoms with van der Waals surface area (Å²) in [7, 11) is 0. The second-order valence-corrected chi connectivity index (χ2v) is 3.79. The van der Waals surface area contributed by atoms with Crippen molar-refractivity contribution in [2.75, 3.05) is 0 Å². The van der Waals surface area contributed by atoms with Crippen LogP contribution in [0.3, 0.4) is 0 Å². The molecule has 0 aromatic carbocycles. The van der Waals surface area contributed by atoms with E-state index < -0.39 is 6.43 Å². The van der Waals surface area contributed by atoms with Crippen LogP contribution in [0.15, 0.2) is 6.07 Å². The highest BCUT2D eigenvalue weighted by atomic mass is 127. The highest BCUT2D eigenvalue weighted by molar-refractivity contribution is 14.1. The first-order chi connectivity index (χ1) is 6.60. The van der Waals surface area contributed by atoms with Gasteiger partial charge in [-0.05, 0) is 34.2 Å². The molecule has 0 unspecified atom stereocenters. The Kier molecular flexibility index (Phi) is 4.14. The Morgan fingerprint density at radius 1 is 1.57 bits per heavy atom. The number of nitrogens with two attached hydrogens (primary N) is 1. The average Bonchev–Trinajstić information content (AvgIpc) is 2.16. The lowest BCUT2D eigenvalue weighted by atomic mass is 10.2. The van der Waals surface area contributed by atoms with Crippen LogP contribution in [0.5, 0.6) is 0 Å². The van der Waals surface area contributed by atoms with Crippen LogP contribution in [0.2, 0.25) is 0 Å². The number of aliphatic hydroxyl groups excluding tert-OH is 1. The lowest BCUT2D eigenvalue weighted by Crippen LogP contribution is -2.08. The molecule has 0 saturated carbocycles. The maximum atomic E-state index is 12.4. The normalized spacial score (nSPS) is 11.0. The largest absolute Gasteiger partial charge is 0.390 e. The average molecular weight is 314 g/mol. The van der Waals surface area contributed by atoms with Crippen molar-refractivity contribution in [1.82, 2.24) is 4.98 Å². The lowest BCUT2D eigenvalue weighted by molar-refractivity contribution is 0.144. The van der Waals surface area contributed by atoms with Gasteiger partial charge in [-0.25, -0.2) is 13.8 Å². The maximum Gasteiger partial charge on any atom is 0.281 e. The van der Waals surface area contributed by atoms with Crippen LogP contribution in [0.1, 0.15) is 23.4 Å². The predicted octanol–water partition coefficient (Wildman–Crippen LogP) is 1.57. The zero-order valence-corrected chi connectivity index (χ0v) is 9.33. The topological polar surface area (TPSA) is 59.1 Å². The maximum absolute atomic E-state index is 12.4. The van der Waals surface area contributed by atoms with Crippen molar-refractivity contribution >= 4 is 22.6 Å². The molecule has 1 aromatic heterocycles. The molecule has 0 atom stereocenters. The molecule has 0 saturated heterocycles. The van der Waals surface area contributed by atoms with E-state index in [0.717, 1.165) is 0 Å². The summed E-state index contributed by atoms with van der Waals surface area (Å²) < 4.78 is 25.2. The van der Waals surface area contributed by atoms with E-state index in [1.807, 2.05) is 0 Å². The van der Waals surface area contributed by atoms with Gasteiger partial charge in [0.25, 0.3) is 6.43 Å². The molecule has 0 fully saturated rings. The molecule has 78 valence electrons. The van der Waals surface area contributed by atoms with Gasteiger partial charge in [0.2, 0.25) is 0 Å². The number of nitrogens with zero attached hydrogens (tertiary/aromatic N) is 1. The van der Waals surface area contributed by atoms with Crippen molar-refractivity contribution < 1.29 is 13.9 Å². The number of aromatic nitrogens is 1. The molecule has 0 spiro atoms. The van der Waals surface area contributed by atoms with Crippen LogP contribution in [-0.4, -0.2) is 10.1 Å². The second kappa shape index (κ2) is 4.94. The van der Waals surface area contributed by atoms with Crippen LogP contribution in [0, 0.1) is 3.57 Å². The SMILES string of the molecule is NCc1cc(I)c(C(F)F)nc1CO. The summed E-state index contributed by atoms with van der Waals surface area (Å²) in [6, 6.07) is 1.53. The Balaban J connectivity index is 3.23. The van der Waals surface area contributed by atoms with Crippen LogP contribution < -0.4 is 5.73 Å². The van der Waals surface area contributed by atoms with Gasteiger partial charge in [-0.3, -0.25) is 0 Å². The Labute approximate surface area is 93.5 Å². The quantitative estimate of drug-likeness (QED) is 0.833. The summed E-state index contributed by atoms with van der Waals surface area (Å²) in [5.41, 5.74) is 5.90. The van der Waals surface area contributed by atoms with Crippen molar-refractivity contribution in [2.45, 2.75) is 19.6 Å². The van der Waals surface area contributed by atoms with Gasteiger partial charge < -0.3 is 10.8 Å². The van der Waals surface area contributed by atoms with E-state index in [0.29, 0.717) is 9.13 Å². The van der Waals surface area contributed by atoms with Gasteiger partial charge in [-0.2, -0.15) is 0 Å². The fraction of sp³-hybridized carbons (Fsp3) is 0.375. The first kappa shape index (κ1) is 11.7. The first-order valence-electron chi connectivity index (χ1n) is 3.87. The molecule has 0 amide bonds. The number of alkyl halides is 2. The van der Waals surface area contributed by atoms with Gasteiger partial charge in [-0.15, -0.1) is 0 Å². The molecular formula is C8H9F2IN2O. The van der Waals surface area contributed by atoms with Gasteiger partial charge >= 0.3 is 0 Å². The van der Waals surface area contributed by atoms with Gasteiger partial charge in [0.1, 0.15) is 5.69 Å². The van der Waals surface area contributed by atoms with Crippen LogP contribution >= 0.6 is 22.6 Å². The van der Waals surface area contributed by atoms with E-state index in [9.17, 15) is 8.78 Å². The molecule has 0 aliphatic heterocycles. The highest BCUT2D eigenvalue weighted by Crippen LogP contribution is 2.24. The monoisotopic (exact) mass is 314 g/mol. The van der Waals surface area contributed by atoms with Crippen molar-refractivity contribution in [3.05, 3.63) is 26.6 Å². The third kappa shape index (κ3) is 2.37. The van der Waals surface area contributed by atoms with E-state index >= 15 is 0 Å². The van der Waals surface area contributed by atoms with E-state index in [1.165, 1.54) is 6.07 Å². The van der Waals surface area contributed by atoms with Gasteiger partial charge in [0, 0.05) is 10.1 Å². The molecule has 0 aliphatic carbocycles. The van der Waals surface area contributed by atoms with Crippen molar-refractivity contribution in [2.24, 2.45) is 5.73 Å². The van der Waals surface area contributed by atoms with E-state index in [4.69, 9.17) is 10.8 Å². The lowest BCUT2D eigenvalue weighted by Gasteiger charge is -2.09. The standard InChI is InChI=1S/C8H9F2IN2O/c9-8(10)7-5(11)1-4(2-12)6(3-14)13-7/h1,8,14H,2-3,12H2. The molecule has 1 rings (SSSR count). The summed E-state index contributed by atoms with van der Waals surface area (Å²) in [6.07, 6.45) is -2.63. The molecule has 3 N–H and O–H groups in total. The van der Waals surface area contributed by atoms with Crippen molar-refractivity contribution in [3.8, 4) is 0 Å². The summed E-state index contributed by atoms with van der Waals surface area (Å²) in [5.74, 6) is 0. The van der Waals surface area contributed by atoms with Crippen LogP contribution in [-0.2, 0) is 13.2 Å². The molecule has 0 aliphatic rings. The van der Waals surface area contributed by atoms with Gasteiger partial charge in [0.15, 0.2) is 0 Å². The molecule has 0 bridgehead atoms. The minimum absolute atomic E-state index is 0.183. The molecule has 3 nitrogen and oxygen atoms in total. The Hall–Kier alpha value is -0.340. The molecule has 6 heteroatoms. The van der Waals surface area contributed by atoms with E-state index in [1.54, 1.807) is 22.6 Å². The number of halogens is 3. The van der Waals surface area contributed by atoms with E-state index in [-0.39, 0.29) is 24.5 Å². The predicted molar refractivity (Wildman–Crippen MR) is 55.7 cm³/mol. The Morgan fingerprint density at radius 3 is 2.64 bits per heavy atom. The summed E-state index contributed by atoms with van der Waals surface area (Å²) >= 11 is 1.78. The number of aliphatic hydroxyl groups is 1. The van der Waals surface area contributed by atoms with Gasteiger partial charge in [-0.1, -0.05) is 0 Å². The highest BCUT2D eigenvalue weighted by Gasteiger charge is 2.16. The van der Waals surface area contributed by atoms with Crippen molar-refractivity contribution in [3.63, 3.8) is 0 Å². The fourth-order valence-corrected chi connectivity index (χ4v) is 1.78. The first-order valence-corrected chi connectivity index (χ1v) is 4.95. The minimum Gasteiger partial charge on any atom is -0.390 e. The van der Waals surface area contributed by atoms with Gasteiger partial charge in [0.05, 0.1) is 12.3 Å². The molecular weight excluding hydrogens is 305 g/mol. The third-order valence-electron chi connectivity index (χ3n) is 1.75. The smallest absolute Gasteiger partial charge is 0.281 e. The van der Waals surface area contributed by atoms with Crippen LogP contribution in [0.25, 0.3) is 0 Å². The summed E-state index contributed by atoms with van der Waals surface area (Å²) in [5, 5.41) is 8.88. The molecule has 1 heterocycles.